The monoisotopic (exact) mass is 358 g/mol. The summed E-state index contributed by atoms with van der Waals surface area (Å²) in [5, 5.41) is 12.6. The summed E-state index contributed by atoms with van der Waals surface area (Å²) in [5.74, 6) is 1.90. The molecule has 8 heteroatoms. The van der Waals surface area contributed by atoms with Crippen LogP contribution in [0.25, 0.3) is 22.2 Å². The summed E-state index contributed by atoms with van der Waals surface area (Å²) in [6.45, 7) is 0. The number of anilines is 3. The molecule has 132 valence electrons. The molecule has 8 nitrogen and oxygen atoms in total. The molecule has 4 aromatic rings. The van der Waals surface area contributed by atoms with Crippen LogP contribution in [0.15, 0.2) is 59.4 Å². The maximum absolute atomic E-state index is 12.4. The molecule has 3 heterocycles. The number of para-hydroxylation sites is 1. The third-order valence-corrected chi connectivity index (χ3v) is 4.44. The fourth-order valence-corrected chi connectivity index (χ4v) is 3.07. The highest BCUT2D eigenvalue weighted by Crippen LogP contribution is 2.33. The van der Waals surface area contributed by atoms with Gasteiger partial charge in [-0.2, -0.15) is 9.66 Å². The zero-order valence-corrected chi connectivity index (χ0v) is 14.3. The van der Waals surface area contributed by atoms with Gasteiger partial charge < -0.3 is 10.1 Å². The Labute approximate surface area is 153 Å². The molecule has 0 saturated heterocycles. The largest absolute Gasteiger partial charge is 0.497 e. The molecule has 0 saturated carbocycles. The van der Waals surface area contributed by atoms with E-state index in [4.69, 9.17) is 4.74 Å². The van der Waals surface area contributed by atoms with Gasteiger partial charge in [-0.25, -0.2) is 4.79 Å². The first-order valence-corrected chi connectivity index (χ1v) is 8.31. The van der Waals surface area contributed by atoms with Crippen LogP contribution in [0.4, 0.5) is 17.3 Å². The SMILES string of the molecule is COc1ccc(-c2cc3c(nn2)Nc2c4ccccc4nc(=O)n2N3)cc1. The van der Waals surface area contributed by atoms with E-state index >= 15 is 0 Å². The number of fused-ring (bicyclic) bond motifs is 4. The fraction of sp³-hybridized carbons (Fsp3) is 0.0526. The predicted octanol–water partition coefficient (Wildman–Crippen LogP) is 2.79. The number of benzene rings is 2. The third-order valence-electron chi connectivity index (χ3n) is 4.44. The van der Waals surface area contributed by atoms with Crippen molar-refractivity contribution < 1.29 is 4.74 Å². The van der Waals surface area contributed by atoms with Crippen LogP contribution < -0.4 is 21.2 Å². The number of rotatable bonds is 2. The second-order valence-corrected chi connectivity index (χ2v) is 6.05. The number of methoxy groups -OCH3 is 1. The maximum Gasteiger partial charge on any atom is 0.368 e. The second-order valence-electron chi connectivity index (χ2n) is 6.05. The normalized spacial score (nSPS) is 11.9. The Bertz CT molecular complexity index is 1230. The molecule has 2 N–H and O–H groups in total. The Morgan fingerprint density at radius 1 is 1.04 bits per heavy atom. The highest BCUT2D eigenvalue weighted by atomic mass is 16.5. The van der Waals surface area contributed by atoms with E-state index in [0.717, 1.165) is 16.7 Å². The van der Waals surface area contributed by atoms with Crippen LogP contribution in [-0.2, 0) is 0 Å². The van der Waals surface area contributed by atoms with Gasteiger partial charge in [-0.1, -0.05) is 12.1 Å². The minimum Gasteiger partial charge on any atom is -0.497 e. The van der Waals surface area contributed by atoms with Crippen molar-refractivity contribution in [3.8, 4) is 17.0 Å². The first kappa shape index (κ1) is 15.3. The van der Waals surface area contributed by atoms with E-state index in [2.05, 4.69) is 25.9 Å². The van der Waals surface area contributed by atoms with Crippen molar-refractivity contribution in [3.05, 3.63) is 65.1 Å². The second kappa shape index (κ2) is 5.80. The zero-order valence-electron chi connectivity index (χ0n) is 14.3. The Morgan fingerprint density at radius 2 is 1.85 bits per heavy atom. The molecule has 5 rings (SSSR count). The van der Waals surface area contributed by atoms with Crippen LogP contribution >= 0.6 is 0 Å². The number of nitrogens with zero attached hydrogens (tertiary/aromatic N) is 4. The number of ether oxygens (including phenoxy) is 1. The molecule has 0 aliphatic carbocycles. The Hall–Kier alpha value is -3.94. The van der Waals surface area contributed by atoms with E-state index in [1.807, 2.05) is 48.5 Å². The number of aromatic nitrogens is 4. The van der Waals surface area contributed by atoms with Crippen LogP contribution in [0.1, 0.15) is 0 Å². The van der Waals surface area contributed by atoms with Gasteiger partial charge in [-0.3, -0.25) is 5.43 Å². The minimum atomic E-state index is -0.398. The predicted molar refractivity (Wildman–Crippen MR) is 102 cm³/mol. The van der Waals surface area contributed by atoms with Crippen LogP contribution in [0, 0.1) is 0 Å². The molecule has 0 fully saturated rings. The van der Waals surface area contributed by atoms with Crippen LogP contribution in [0.3, 0.4) is 0 Å². The highest BCUT2D eigenvalue weighted by molar-refractivity contribution is 5.93. The lowest BCUT2D eigenvalue weighted by Gasteiger charge is -2.24. The summed E-state index contributed by atoms with van der Waals surface area (Å²) in [5.41, 5.74) is 5.52. The van der Waals surface area contributed by atoms with Gasteiger partial charge in [0.05, 0.1) is 18.3 Å². The van der Waals surface area contributed by atoms with E-state index in [9.17, 15) is 4.79 Å². The molecule has 1 aliphatic heterocycles. The van der Waals surface area contributed by atoms with Crippen LogP contribution in [-0.4, -0.2) is 27.0 Å². The zero-order chi connectivity index (χ0) is 18.4. The van der Waals surface area contributed by atoms with E-state index < -0.39 is 5.69 Å². The molecular formula is C19H14N6O2. The van der Waals surface area contributed by atoms with Gasteiger partial charge in [0.25, 0.3) is 0 Å². The molecule has 0 atom stereocenters. The van der Waals surface area contributed by atoms with Crippen molar-refractivity contribution in [2.75, 3.05) is 17.9 Å². The summed E-state index contributed by atoms with van der Waals surface area (Å²) < 4.78 is 6.56. The Morgan fingerprint density at radius 3 is 2.67 bits per heavy atom. The van der Waals surface area contributed by atoms with Gasteiger partial charge in [0.15, 0.2) is 5.82 Å². The maximum atomic E-state index is 12.4. The molecule has 0 unspecified atom stereocenters. The molecule has 0 radical (unpaired) electrons. The average molecular weight is 358 g/mol. The van der Waals surface area contributed by atoms with Gasteiger partial charge in [0, 0.05) is 10.9 Å². The van der Waals surface area contributed by atoms with Crippen LogP contribution in [0.2, 0.25) is 0 Å². The summed E-state index contributed by atoms with van der Waals surface area (Å²) in [6.07, 6.45) is 0. The van der Waals surface area contributed by atoms with Crippen molar-refractivity contribution in [1.82, 2.24) is 19.9 Å². The number of hydrogen-bond acceptors (Lipinski definition) is 7. The summed E-state index contributed by atoms with van der Waals surface area (Å²) in [7, 11) is 1.62. The van der Waals surface area contributed by atoms with Gasteiger partial charge in [-0.15, -0.1) is 10.2 Å². The van der Waals surface area contributed by atoms with Crippen LogP contribution in [0.5, 0.6) is 5.75 Å². The van der Waals surface area contributed by atoms with Crippen molar-refractivity contribution in [2.45, 2.75) is 0 Å². The highest BCUT2D eigenvalue weighted by Gasteiger charge is 2.21. The third kappa shape index (κ3) is 2.46. The first-order valence-electron chi connectivity index (χ1n) is 8.31. The Kier molecular flexibility index (Phi) is 3.29. The summed E-state index contributed by atoms with van der Waals surface area (Å²) in [4.78, 5) is 16.5. The van der Waals surface area contributed by atoms with Crippen molar-refractivity contribution in [3.63, 3.8) is 0 Å². The molecule has 27 heavy (non-hydrogen) atoms. The van der Waals surface area contributed by atoms with E-state index in [0.29, 0.717) is 28.5 Å². The quantitative estimate of drug-likeness (QED) is 0.501. The van der Waals surface area contributed by atoms with Gasteiger partial charge in [0.1, 0.15) is 17.3 Å². The smallest absolute Gasteiger partial charge is 0.368 e. The number of nitrogens with one attached hydrogen (secondary N) is 2. The standard InChI is InChI=1S/C19H14N6O2/c1-27-12-8-6-11(7-9-12)15-10-16-17(23-22-15)21-18-13-4-2-3-5-14(13)20-19(26)25(18)24-16/h2-10,24H,1H3,(H,21,23). The molecule has 0 amide bonds. The molecule has 1 aliphatic rings. The lowest BCUT2D eigenvalue weighted by Crippen LogP contribution is -2.33. The fourth-order valence-electron chi connectivity index (χ4n) is 3.07. The summed E-state index contributed by atoms with van der Waals surface area (Å²) in [6, 6.07) is 16.8. The van der Waals surface area contributed by atoms with Crippen molar-refractivity contribution in [1.29, 1.82) is 0 Å². The summed E-state index contributed by atoms with van der Waals surface area (Å²) >= 11 is 0. The lowest BCUT2D eigenvalue weighted by molar-refractivity contribution is 0.415. The Balaban J connectivity index is 1.59. The van der Waals surface area contributed by atoms with E-state index in [-0.39, 0.29) is 0 Å². The van der Waals surface area contributed by atoms with Gasteiger partial charge >= 0.3 is 5.69 Å². The van der Waals surface area contributed by atoms with Crippen molar-refractivity contribution >= 4 is 28.2 Å². The average Bonchev–Trinajstić information content (AvgIpc) is 2.72. The first-order chi connectivity index (χ1) is 13.2. The van der Waals surface area contributed by atoms with Gasteiger partial charge in [-0.05, 0) is 42.5 Å². The van der Waals surface area contributed by atoms with E-state index in [1.165, 1.54) is 4.68 Å². The van der Waals surface area contributed by atoms with Crippen molar-refractivity contribution in [2.24, 2.45) is 0 Å². The molecule has 2 aromatic heterocycles. The topological polar surface area (TPSA) is 94.0 Å². The molecule has 0 spiro atoms. The lowest BCUT2D eigenvalue weighted by atomic mass is 10.1. The van der Waals surface area contributed by atoms with Gasteiger partial charge in [0.2, 0.25) is 0 Å². The molecule has 0 bridgehead atoms. The molecule has 2 aromatic carbocycles. The number of hydrogen-bond donors (Lipinski definition) is 2. The minimum absolute atomic E-state index is 0.398. The molecular weight excluding hydrogens is 344 g/mol. The van der Waals surface area contributed by atoms with E-state index in [1.54, 1.807) is 13.2 Å².